The Bertz CT molecular complexity index is 385. The van der Waals surface area contributed by atoms with Crippen molar-refractivity contribution >= 4 is 23.4 Å². The van der Waals surface area contributed by atoms with E-state index in [-0.39, 0.29) is 5.56 Å². The third-order valence-corrected chi connectivity index (χ3v) is 3.00. The molecule has 0 saturated carbocycles. The Labute approximate surface area is 104 Å². The van der Waals surface area contributed by atoms with Crippen molar-refractivity contribution in [2.45, 2.75) is 12.8 Å². The summed E-state index contributed by atoms with van der Waals surface area (Å²) in [5, 5.41) is 11.8. The van der Waals surface area contributed by atoms with Crippen molar-refractivity contribution in [3.05, 3.63) is 29.6 Å². The van der Waals surface area contributed by atoms with Gasteiger partial charge in [-0.15, -0.1) is 0 Å². The highest BCUT2D eigenvalue weighted by Gasteiger charge is 2.10. The van der Waals surface area contributed by atoms with Gasteiger partial charge in [-0.1, -0.05) is 0 Å². The molecular formula is C12H16FNO2S. The van der Waals surface area contributed by atoms with E-state index in [4.69, 9.17) is 5.11 Å². The summed E-state index contributed by atoms with van der Waals surface area (Å²) < 4.78 is 13.1. The number of carboxylic acid groups (broad SMARTS) is 1. The standard InChI is InChI=1S/C12H16FNO2S/c1-17-7-3-2-6-14-9-4-5-11(13)10(8-9)12(15)16/h4-5,8,14H,2-3,6-7H2,1H3,(H,15,16). The fourth-order valence-corrected chi connectivity index (χ4v) is 1.90. The van der Waals surface area contributed by atoms with Crippen LogP contribution < -0.4 is 5.32 Å². The minimum atomic E-state index is -1.24. The molecule has 0 radical (unpaired) electrons. The maximum Gasteiger partial charge on any atom is 0.338 e. The van der Waals surface area contributed by atoms with Crippen LogP contribution in [-0.4, -0.2) is 29.6 Å². The van der Waals surface area contributed by atoms with Crippen LogP contribution in [0.5, 0.6) is 0 Å². The van der Waals surface area contributed by atoms with E-state index in [1.165, 1.54) is 12.1 Å². The highest BCUT2D eigenvalue weighted by molar-refractivity contribution is 7.98. The summed E-state index contributed by atoms with van der Waals surface area (Å²) in [5.41, 5.74) is 0.354. The molecule has 3 nitrogen and oxygen atoms in total. The lowest BCUT2D eigenvalue weighted by Crippen LogP contribution is -2.05. The van der Waals surface area contributed by atoms with Gasteiger partial charge in [0, 0.05) is 12.2 Å². The van der Waals surface area contributed by atoms with E-state index >= 15 is 0 Å². The van der Waals surface area contributed by atoms with Crippen LogP contribution in [0.2, 0.25) is 0 Å². The van der Waals surface area contributed by atoms with Crippen molar-refractivity contribution in [1.82, 2.24) is 0 Å². The molecule has 0 heterocycles. The lowest BCUT2D eigenvalue weighted by Gasteiger charge is -2.07. The van der Waals surface area contributed by atoms with Crippen molar-refractivity contribution in [2.75, 3.05) is 23.9 Å². The summed E-state index contributed by atoms with van der Waals surface area (Å²) in [6.45, 7) is 0.769. The van der Waals surface area contributed by atoms with Crippen LogP contribution in [0.25, 0.3) is 0 Å². The average Bonchev–Trinajstić information content (AvgIpc) is 2.30. The molecule has 1 aromatic rings. The number of benzene rings is 1. The van der Waals surface area contributed by atoms with Gasteiger partial charge in [0.15, 0.2) is 0 Å². The molecule has 0 fully saturated rings. The van der Waals surface area contributed by atoms with Crippen molar-refractivity contribution in [1.29, 1.82) is 0 Å². The van der Waals surface area contributed by atoms with E-state index in [1.54, 1.807) is 17.8 Å². The predicted octanol–water partition coefficient (Wildman–Crippen LogP) is 3.08. The number of nitrogens with one attached hydrogen (secondary N) is 1. The summed E-state index contributed by atoms with van der Waals surface area (Å²) in [4.78, 5) is 10.7. The Morgan fingerprint density at radius 3 is 2.88 bits per heavy atom. The quantitative estimate of drug-likeness (QED) is 0.737. The molecule has 5 heteroatoms. The lowest BCUT2D eigenvalue weighted by molar-refractivity contribution is 0.0692. The Kier molecular flexibility index (Phi) is 5.83. The highest BCUT2D eigenvalue weighted by Crippen LogP contribution is 2.15. The molecule has 0 spiro atoms. The smallest absolute Gasteiger partial charge is 0.338 e. The zero-order valence-corrected chi connectivity index (χ0v) is 10.5. The summed E-state index contributed by atoms with van der Waals surface area (Å²) in [6.07, 6.45) is 4.19. The number of unbranched alkanes of at least 4 members (excludes halogenated alkanes) is 1. The number of thioether (sulfide) groups is 1. The van der Waals surface area contributed by atoms with Crippen LogP contribution in [0.4, 0.5) is 10.1 Å². The summed E-state index contributed by atoms with van der Waals surface area (Å²) in [5.74, 6) is -0.829. The molecule has 1 aromatic carbocycles. The van der Waals surface area contributed by atoms with Gasteiger partial charge in [0.05, 0.1) is 5.56 Å². The van der Waals surface area contributed by atoms with E-state index in [1.807, 2.05) is 0 Å². The fourth-order valence-electron chi connectivity index (χ4n) is 1.40. The van der Waals surface area contributed by atoms with Crippen molar-refractivity contribution in [3.63, 3.8) is 0 Å². The number of hydrogen-bond acceptors (Lipinski definition) is 3. The number of halogens is 1. The van der Waals surface area contributed by atoms with E-state index in [0.717, 1.165) is 25.1 Å². The second-order valence-corrected chi connectivity index (χ2v) is 4.61. The van der Waals surface area contributed by atoms with Crippen molar-refractivity contribution in [2.24, 2.45) is 0 Å². The largest absolute Gasteiger partial charge is 0.478 e. The fraction of sp³-hybridized carbons (Fsp3) is 0.417. The third kappa shape index (κ3) is 4.65. The Morgan fingerprint density at radius 1 is 1.47 bits per heavy atom. The van der Waals surface area contributed by atoms with Crippen LogP contribution in [0.1, 0.15) is 23.2 Å². The summed E-state index contributed by atoms with van der Waals surface area (Å²) >= 11 is 1.80. The second-order valence-electron chi connectivity index (χ2n) is 3.63. The lowest BCUT2D eigenvalue weighted by atomic mass is 10.2. The number of hydrogen-bond donors (Lipinski definition) is 2. The number of anilines is 1. The zero-order valence-electron chi connectivity index (χ0n) is 9.70. The summed E-state index contributed by atoms with van der Waals surface area (Å²) in [7, 11) is 0. The third-order valence-electron chi connectivity index (χ3n) is 2.30. The minimum absolute atomic E-state index is 0.292. The monoisotopic (exact) mass is 257 g/mol. The van der Waals surface area contributed by atoms with Crippen LogP contribution in [0, 0.1) is 5.82 Å². The van der Waals surface area contributed by atoms with E-state index in [0.29, 0.717) is 5.69 Å². The van der Waals surface area contributed by atoms with Crippen molar-refractivity contribution in [3.8, 4) is 0 Å². The van der Waals surface area contributed by atoms with Crippen LogP contribution >= 0.6 is 11.8 Å². The van der Waals surface area contributed by atoms with Gasteiger partial charge >= 0.3 is 5.97 Å². The van der Waals surface area contributed by atoms with Gasteiger partial charge in [-0.25, -0.2) is 9.18 Å². The van der Waals surface area contributed by atoms with Gasteiger partial charge in [-0.2, -0.15) is 11.8 Å². The van der Waals surface area contributed by atoms with Gasteiger partial charge in [-0.05, 0) is 43.0 Å². The molecule has 0 bridgehead atoms. The first-order chi connectivity index (χ1) is 8.15. The molecule has 0 aliphatic rings. The molecule has 0 unspecified atom stereocenters. The van der Waals surface area contributed by atoms with E-state index in [2.05, 4.69) is 11.6 Å². The molecule has 0 aliphatic carbocycles. The number of carboxylic acids is 1. The number of carbonyl (C=O) groups is 1. The average molecular weight is 257 g/mol. The van der Waals surface area contributed by atoms with Crippen LogP contribution in [0.15, 0.2) is 18.2 Å². The first-order valence-electron chi connectivity index (χ1n) is 5.41. The van der Waals surface area contributed by atoms with E-state index in [9.17, 15) is 9.18 Å². The van der Waals surface area contributed by atoms with Gasteiger partial charge in [0.25, 0.3) is 0 Å². The molecule has 17 heavy (non-hydrogen) atoms. The highest BCUT2D eigenvalue weighted by atomic mass is 32.2. The molecule has 2 N–H and O–H groups in total. The first kappa shape index (κ1) is 13.8. The maximum atomic E-state index is 13.1. The van der Waals surface area contributed by atoms with Gasteiger partial charge < -0.3 is 10.4 Å². The SMILES string of the molecule is CSCCCCNc1ccc(F)c(C(=O)O)c1. The molecule has 0 saturated heterocycles. The summed E-state index contributed by atoms with van der Waals surface area (Å²) in [6, 6.07) is 4.05. The Morgan fingerprint density at radius 2 is 2.24 bits per heavy atom. The van der Waals surface area contributed by atoms with Crippen molar-refractivity contribution < 1.29 is 14.3 Å². The molecule has 1 rings (SSSR count). The molecule has 0 atom stereocenters. The topological polar surface area (TPSA) is 49.3 Å². The normalized spacial score (nSPS) is 10.2. The number of rotatable bonds is 7. The molecular weight excluding hydrogens is 241 g/mol. The van der Waals surface area contributed by atoms with Gasteiger partial charge in [-0.3, -0.25) is 0 Å². The second kappa shape index (κ2) is 7.17. The maximum absolute atomic E-state index is 13.1. The first-order valence-corrected chi connectivity index (χ1v) is 6.80. The van der Waals surface area contributed by atoms with E-state index < -0.39 is 11.8 Å². The Hall–Kier alpha value is -1.23. The molecule has 0 amide bonds. The molecule has 94 valence electrons. The predicted molar refractivity (Wildman–Crippen MR) is 69.5 cm³/mol. The van der Waals surface area contributed by atoms with Gasteiger partial charge in [0.2, 0.25) is 0 Å². The molecule has 0 aliphatic heterocycles. The van der Waals surface area contributed by atoms with Crippen LogP contribution in [-0.2, 0) is 0 Å². The number of aromatic carboxylic acids is 1. The Balaban J connectivity index is 2.49. The minimum Gasteiger partial charge on any atom is -0.478 e. The van der Waals surface area contributed by atoms with Crippen LogP contribution in [0.3, 0.4) is 0 Å². The van der Waals surface area contributed by atoms with Gasteiger partial charge in [0.1, 0.15) is 5.82 Å². The molecule has 0 aromatic heterocycles. The zero-order chi connectivity index (χ0) is 12.7.